The molecule has 7 nitrogen and oxygen atoms in total. The van der Waals surface area contributed by atoms with Gasteiger partial charge < -0.3 is 16.4 Å². The molecule has 0 saturated heterocycles. The molecule has 1 aromatic carbocycles. The Morgan fingerprint density at radius 1 is 1.26 bits per heavy atom. The van der Waals surface area contributed by atoms with Crippen LogP contribution in [-0.4, -0.2) is 27.3 Å². The number of benzene rings is 1. The highest BCUT2D eigenvalue weighted by molar-refractivity contribution is 5.58. The van der Waals surface area contributed by atoms with E-state index in [-0.39, 0.29) is 12.1 Å². The summed E-state index contributed by atoms with van der Waals surface area (Å²) in [4.78, 5) is 4.42. The maximum absolute atomic E-state index is 8.94. The number of anilines is 3. The predicted molar refractivity (Wildman–Crippen MR) is 88.1 cm³/mol. The molecule has 1 saturated carbocycles. The number of nitrogens with two attached hydrogens (primary N) is 1. The minimum absolute atomic E-state index is 0.122. The van der Waals surface area contributed by atoms with Gasteiger partial charge in [0.15, 0.2) is 5.82 Å². The first kappa shape index (κ1) is 15.2. The Balaban J connectivity index is 1.70. The first-order valence-electron chi connectivity index (χ1n) is 7.73. The van der Waals surface area contributed by atoms with E-state index in [1.54, 1.807) is 18.3 Å². The van der Waals surface area contributed by atoms with Gasteiger partial charge in [-0.1, -0.05) is 18.9 Å². The van der Waals surface area contributed by atoms with Crippen molar-refractivity contribution in [1.82, 2.24) is 15.2 Å². The van der Waals surface area contributed by atoms with Crippen LogP contribution in [0.15, 0.2) is 30.5 Å². The van der Waals surface area contributed by atoms with Crippen LogP contribution in [0.4, 0.5) is 17.5 Å². The van der Waals surface area contributed by atoms with Crippen LogP contribution in [0.25, 0.3) is 0 Å². The van der Waals surface area contributed by atoms with Crippen molar-refractivity contribution < 1.29 is 0 Å². The van der Waals surface area contributed by atoms with E-state index in [0.29, 0.717) is 17.3 Å². The highest BCUT2D eigenvalue weighted by atomic mass is 15.3. The normalized spacial score (nSPS) is 20.5. The summed E-state index contributed by atoms with van der Waals surface area (Å²) in [5, 5.41) is 23.3. The largest absolute Gasteiger partial charge is 0.349 e. The first-order valence-corrected chi connectivity index (χ1v) is 7.73. The van der Waals surface area contributed by atoms with Gasteiger partial charge in [0, 0.05) is 17.8 Å². The number of hydrogen-bond acceptors (Lipinski definition) is 7. The van der Waals surface area contributed by atoms with Gasteiger partial charge in [0.1, 0.15) is 0 Å². The standard InChI is InChI=1S/C16H19N7/c17-9-11-4-3-5-12(8-11)20-15-10-19-23-16(22-15)21-14-7-2-1-6-13(14)18/h3-5,8,10,13-14H,1-2,6-7,18H2,(H2,20,21,22,23)/t13-,14+/m0/s1. The molecule has 0 amide bonds. The molecule has 4 N–H and O–H groups in total. The SMILES string of the molecule is N#Cc1cccc(Nc2cnnc(N[C@@H]3CCCC[C@@H]3N)n2)c1. The molecule has 0 bridgehead atoms. The number of hydrogen-bond donors (Lipinski definition) is 3. The third-order valence-electron chi connectivity index (χ3n) is 3.96. The fourth-order valence-electron chi connectivity index (χ4n) is 2.74. The van der Waals surface area contributed by atoms with Crippen LogP contribution in [0.3, 0.4) is 0 Å². The molecule has 1 fully saturated rings. The highest BCUT2D eigenvalue weighted by Gasteiger charge is 2.22. The van der Waals surface area contributed by atoms with E-state index in [2.05, 4.69) is 31.9 Å². The van der Waals surface area contributed by atoms with Crippen LogP contribution in [0.5, 0.6) is 0 Å². The van der Waals surface area contributed by atoms with E-state index in [0.717, 1.165) is 24.9 Å². The lowest BCUT2D eigenvalue weighted by Gasteiger charge is -2.29. The van der Waals surface area contributed by atoms with Gasteiger partial charge in [-0.05, 0) is 31.0 Å². The van der Waals surface area contributed by atoms with Crippen LogP contribution < -0.4 is 16.4 Å². The van der Waals surface area contributed by atoms with Crippen LogP contribution >= 0.6 is 0 Å². The molecule has 0 spiro atoms. The molecule has 0 unspecified atom stereocenters. The Morgan fingerprint density at radius 3 is 2.96 bits per heavy atom. The maximum atomic E-state index is 8.94. The van der Waals surface area contributed by atoms with Crippen molar-refractivity contribution in [2.45, 2.75) is 37.8 Å². The summed E-state index contributed by atoms with van der Waals surface area (Å²) in [6, 6.07) is 9.60. The zero-order valence-corrected chi connectivity index (χ0v) is 12.7. The molecular weight excluding hydrogens is 290 g/mol. The van der Waals surface area contributed by atoms with Gasteiger partial charge >= 0.3 is 0 Å². The lowest BCUT2D eigenvalue weighted by Crippen LogP contribution is -2.43. The van der Waals surface area contributed by atoms with Gasteiger partial charge in [-0.2, -0.15) is 15.3 Å². The van der Waals surface area contributed by atoms with Crippen molar-refractivity contribution in [3.63, 3.8) is 0 Å². The average molecular weight is 309 g/mol. The van der Waals surface area contributed by atoms with Crippen molar-refractivity contribution >= 4 is 17.5 Å². The third-order valence-corrected chi connectivity index (χ3v) is 3.96. The van der Waals surface area contributed by atoms with E-state index in [4.69, 9.17) is 11.0 Å². The molecule has 1 heterocycles. The molecule has 118 valence electrons. The van der Waals surface area contributed by atoms with Gasteiger partial charge in [-0.15, -0.1) is 5.10 Å². The minimum Gasteiger partial charge on any atom is -0.349 e. The van der Waals surface area contributed by atoms with Crippen LogP contribution in [0, 0.1) is 11.3 Å². The fourth-order valence-corrected chi connectivity index (χ4v) is 2.74. The summed E-state index contributed by atoms with van der Waals surface area (Å²) in [6.45, 7) is 0. The van der Waals surface area contributed by atoms with Crippen molar-refractivity contribution in [1.29, 1.82) is 5.26 Å². The van der Waals surface area contributed by atoms with Gasteiger partial charge in [-0.3, -0.25) is 0 Å². The second kappa shape index (κ2) is 7.03. The summed E-state index contributed by atoms with van der Waals surface area (Å²) in [7, 11) is 0. The number of rotatable bonds is 4. The van der Waals surface area contributed by atoms with Crippen LogP contribution in [0.1, 0.15) is 31.2 Å². The Kier molecular flexibility index (Phi) is 4.64. The van der Waals surface area contributed by atoms with Crippen molar-refractivity contribution in [3.05, 3.63) is 36.0 Å². The number of nitrogens with zero attached hydrogens (tertiary/aromatic N) is 4. The van der Waals surface area contributed by atoms with E-state index < -0.39 is 0 Å². The number of nitriles is 1. The molecule has 7 heteroatoms. The molecule has 2 atom stereocenters. The topological polar surface area (TPSA) is 113 Å². The van der Waals surface area contributed by atoms with Gasteiger partial charge in [-0.25, -0.2) is 0 Å². The van der Waals surface area contributed by atoms with E-state index in [1.807, 2.05) is 12.1 Å². The molecule has 0 aliphatic heterocycles. The van der Waals surface area contributed by atoms with Crippen LogP contribution in [-0.2, 0) is 0 Å². The Bertz CT molecular complexity index is 710. The summed E-state index contributed by atoms with van der Waals surface area (Å²) in [6.07, 6.45) is 5.92. The lowest BCUT2D eigenvalue weighted by atomic mass is 9.91. The zero-order chi connectivity index (χ0) is 16.1. The first-order chi connectivity index (χ1) is 11.2. The third kappa shape index (κ3) is 3.93. The predicted octanol–water partition coefficient (Wildman–Crippen LogP) is 2.17. The molecule has 0 radical (unpaired) electrons. The summed E-state index contributed by atoms with van der Waals surface area (Å²) in [5.74, 6) is 1.04. The summed E-state index contributed by atoms with van der Waals surface area (Å²) >= 11 is 0. The smallest absolute Gasteiger partial charge is 0.244 e. The fraction of sp³-hybridized carbons (Fsp3) is 0.375. The number of aromatic nitrogens is 3. The molecule has 23 heavy (non-hydrogen) atoms. The Hall–Kier alpha value is -2.72. The second-order valence-corrected chi connectivity index (χ2v) is 5.68. The van der Waals surface area contributed by atoms with Gasteiger partial charge in [0.25, 0.3) is 0 Å². The molecule has 3 rings (SSSR count). The number of nitrogens with one attached hydrogen (secondary N) is 2. The molecule has 1 aliphatic carbocycles. The average Bonchev–Trinajstić information content (AvgIpc) is 2.57. The van der Waals surface area contributed by atoms with Crippen molar-refractivity contribution in [2.24, 2.45) is 5.73 Å². The summed E-state index contributed by atoms with van der Waals surface area (Å²) < 4.78 is 0. The Morgan fingerprint density at radius 2 is 2.13 bits per heavy atom. The zero-order valence-electron chi connectivity index (χ0n) is 12.7. The highest BCUT2D eigenvalue weighted by Crippen LogP contribution is 2.20. The van der Waals surface area contributed by atoms with E-state index in [1.165, 1.54) is 6.42 Å². The van der Waals surface area contributed by atoms with Crippen LogP contribution in [0.2, 0.25) is 0 Å². The molecule has 1 aromatic heterocycles. The van der Waals surface area contributed by atoms with E-state index in [9.17, 15) is 0 Å². The van der Waals surface area contributed by atoms with Gasteiger partial charge in [0.2, 0.25) is 5.95 Å². The van der Waals surface area contributed by atoms with Crippen molar-refractivity contribution in [2.75, 3.05) is 10.6 Å². The molecule has 2 aromatic rings. The van der Waals surface area contributed by atoms with Crippen molar-refractivity contribution in [3.8, 4) is 6.07 Å². The Labute approximate surface area is 134 Å². The summed E-state index contributed by atoms with van der Waals surface area (Å²) in [5.41, 5.74) is 7.50. The molecular formula is C16H19N7. The maximum Gasteiger partial charge on any atom is 0.244 e. The van der Waals surface area contributed by atoms with E-state index >= 15 is 0 Å². The quantitative estimate of drug-likeness (QED) is 0.793. The van der Waals surface area contributed by atoms with Gasteiger partial charge in [0.05, 0.1) is 17.8 Å². The minimum atomic E-state index is 0.122. The monoisotopic (exact) mass is 309 g/mol. The second-order valence-electron chi connectivity index (χ2n) is 5.68. The molecule has 1 aliphatic rings. The lowest BCUT2D eigenvalue weighted by molar-refractivity contribution is 0.402.